The Hall–Kier alpha value is -4.92. The van der Waals surface area contributed by atoms with E-state index < -0.39 is 0 Å². The number of para-hydroxylation sites is 2. The molecule has 4 heterocycles. The van der Waals surface area contributed by atoms with Gasteiger partial charge >= 0.3 is 0 Å². The number of aromatic hydroxyl groups is 2. The van der Waals surface area contributed by atoms with Crippen molar-refractivity contribution in [3.05, 3.63) is 119 Å². The van der Waals surface area contributed by atoms with E-state index in [1.54, 1.807) is 12.4 Å². The molecular formula is C36H36N2O6. The van der Waals surface area contributed by atoms with Crippen LogP contribution in [0.5, 0.6) is 23.0 Å². The third kappa shape index (κ3) is 8.80. The van der Waals surface area contributed by atoms with E-state index in [0.717, 1.165) is 39.6 Å². The van der Waals surface area contributed by atoms with Crippen LogP contribution in [0.1, 0.15) is 22.3 Å². The highest BCUT2D eigenvalue weighted by Crippen LogP contribution is 2.29. The quantitative estimate of drug-likeness (QED) is 0.219. The molecule has 8 bridgehead atoms. The number of ether oxygens (including phenoxy) is 4. The van der Waals surface area contributed by atoms with Gasteiger partial charge in [0.15, 0.2) is 0 Å². The number of phenols is 2. The average molecular weight is 593 g/mol. The molecule has 0 unspecified atom stereocenters. The van der Waals surface area contributed by atoms with E-state index in [-0.39, 0.29) is 11.5 Å². The lowest BCUT2D eigenvalue weighted by atomic mass is 9.96. The summed E-state index contributed by atoms with van der Waals surface area (Å²) in [4.78, 5) is 9.04. The highest BCUT2D eigenvalue weighted by molar-refractivity contribution is 5.87. The lowest BCUT2D eigenvalue weighted by Crippen LogP contribution is -2.13. The Labute approximate surface area is 257 Å². The molecule has 0 saturated carbocycles. The van der Waals surface area contributed by atoms with Crippen molar-refractivity contribution in [3.8, 4) is 23.0 Å². The first-order chi connectivity index (χ1) is 21.5. The van der Waals surface area contributed by atoms with Crippen molar-refractivity contribution in [2.24, 2.45) is 9.98 Å². The molecule has 8 nitrogen and oxygen atoms in total. The van der Waals surface area contributed by atoms with E-state index in [0.29, 0.717) is 63.6 Å². The van der Waals surface area contributed by atoms with Crippen molar-refractivity contribution in [1.82, 2.24) is 0 Å². The average Bonchev–Trinajstić information content (AvgIpc) is 3.03. The van der Waals surface area contributed by atoms with E-state index in [4.69, 9.17) is 18.9 Å². The second kappa shape index (κ2) is 15.5. The smallest absolute Gasteiger partial charge is 0.127 e. The van der Waals surface area contributed by atoms with E-state index in [2.05, 4.69) is 16.6 Å². The Bertz CT molecular complexity index is 1480. The van der Waals surface area contributed by atoms with Crippen LogP contribution in [0.4, 0.5) is 11.4 Å². The lowest BCUT2D eigenvalue weighted by molar-refractivity contribution is 0.0273. The summed E-state index contributed by atoms with van der Waals surface area (Å²) in [5.74, 6) is 1.74. The van der Waals surface area contributed by atoms with Gasteiger partial charge in [0.1, 0.15) is 36.2 Å². The van der Waals surface area contributed by atoms with Crippen LogP contribution in [0.15, 0.2) is 107 Å². The molecule has 0 amide bonds. The van der Waals surface area contributed by atoms with Crippen LogP contribution < -0.4 is 9.47 Å². The second-order valence-electron chi connectivity index (χ2n) is 10.2. The molecule has 4 aromatic rings. The maximum Gasteiger partial charge on any atom is 0.127 e. The number of rotatable bonds is 0. The van der Waals surface area contributed by atoms with Gasteiger partial charge in [-0.05, 0) is 84.6 Å². The van der Waals surface area contributed by atoms with Gasteiger partial charge in [-0.2, -0.15) is 0 Å². The van der Waals surface area contributed by atoms with Gasteiger partial charge in [-0.25, -0.2) is 0 Å². The predicted molar refractivity (Wildman–Crippen MR) is 173 cm³/mol. The molecule has 0 saturated heterocycles. The van der Waals surface area contributed by atoms with E-state index in [1.807, 2.05) is 84.9 Å². The van der Waals surface area contributed by atoms with Gasteiger partial charge in [-0.15, -0.1) is 0 Å². The molecule has 4 aliphatic heterocycles. The number of benzene rings is 4. The number of phenolic OH excluding ortho intramolecular Hbond substituents is 2. The summed E-state index contributed by atoms with van der Waals surface area (Å²) in [6, 6.07) is 25.9. The minimum absolute atomic E-state index is 0.152. The number of hydrogen-bond donors (Lipinski definition) is 2. The van der Waals surface area contributed by atoms with Crippen molar-refractivity contribution < 1.29 is 29.2 Å². The van der Waals surface area contributed by atoms with Gasteiger partial charge in [0.05, 0.1) is 37.8 Å². The first-order valence-electron chi connectivity index (χ1n) is 14.5. The first kappa shape index (κ1) is 30.5. The summed E-state index contributed by atoms with van der Waals surface area (Å²) in [7, 11) is 0. The van der Waals surface area contributed by atoms with Gasteiger partial charge in [0, 0.05) is 23.6 Å². The third-order valence-electron chi connectivity index (χ3n) is 6.93. The number of nitrogens with zero attached hydrogens (tertiary/aromatic N) is 2. The molecule has 4 aliphatic rings. The monoisotopic (exact) mass is 592 g/mol. The molecule has 0 atom stereocenters. The van der Waals surface area contributed by atoms with Crippen LogP contribution in [-0.2, 0) is 22.3 Å². The molecule has 0 spiro atoms. The van der Waals surface area contributed by atoms with E-state index >= 15 is 0 Å². The second-order valence-corrected chi connectivity index (χ2v) is 10.2. The fourth-order valence-electron chi connectivity index (χ4n) is 4.62. The van der Waals surface area contributed by atoms with Crippen molar-refractivity contribution in [1.29, 1.82) is 0 Å². The Balaban J connectivity index is 1.32. The molecule has 0 aliphatic carbocycles. The molecule has 8 rings (SSSR count). The fraction of sp³-hybridized carbons (Fsp3) is 0.222. The minimum atomic E-state index is 0.152. The number of hydrogen-bond acceptors (Lipinski definition) is 8. The van der Waals surface area contributed by atoms with Crippen molar-refractivity contribution in [2.75, 3.05) is 39.6 Å². The molecule has 2 N–H and O–H groups in total. The number of aliphatic imine (C=N–C) groups is 2. The Morgan fingerprint density at radius 3 is 1.36 bits per heavy atom. The normalized spacial score (nSPS) is 15.2. The van der Waals surface area contributed by atoms with Crippen LogP contribution in [-0.4, -0.2) is 62.3 Å². The van der Waals surface area contributed by atoms with Crippen LogP contribution in [0, 0.1) is 0 Å². The van der Waals surface area contributed by atoms with Crippen molar-refractivity contribution in [2.45, 2.75) is 12.8 Å². The van der Waals surface area contributed by atoms with Crippen LogP contribution >= 0.6 is 0 Å². The van der Waals surface area contributed by atoms with Gasteiger partial charge in [-0.3, -0.25) is 9.98 Å². The maximum atomic E-state index is 11.0. The Morgan fingerprint density at radius 1 is 0.523 bits per heavy atom. The topological polar surface area (TPSA) is 102 Å². The van der Waals surface area contributed by atoms with Crippen molar-refractivity contribution in [3.63, 3.8) is 0 Å². The molecule has 0 aromatic heterocycles. The highest BCUT2D eigenvalue weighted by atomic mass is 16.6. The van der Waals surface area contributed by atoms with Crippen LogP contribution in [0.2, 0.25) is 0 Å². The zero-order valence-electron chi connectivity index (χ0n) is 24.5. The van der Waals surface area contributed by atoms with Gasteiger partial charge in [0.25, 0.3) is 0 Å². The SMILES string of the molecule is C=C1Cc2cccc(c2O)C=Nc2ccc(cc2)OCCOCCOCCOc2ccc(cc2)N=Cc2cccc(c2O)C1. The molecule has 8 heteroatoms. The van der Waals surface area contributed by atoms with Crippen LogP contribution in [0.25, 0.3) is 0 Å². The van der Waals surface area contributed by atoms with Crippen LogP contribution in [0.3, 0.4) is 0 Å². The largest absolute Gasteiger partial charge is 0.507 e. The standard InChI is InChI=1S/C36H36N2O6/c1-26-22-27-4-2-6-29(35(27)39)24-37-31-8-12-33(13-9-31)43-20-18-41-16-17-42-19-21-44-34-14-10-32(11-15-34)38-25-30-7-3-5-28(23-26)36(30)40/h2-15,24-25,39-40H,1,16-23H2. The summed E-state index contributed by atoms with van der Waals surface area (Å²) in [5.41, 5.74) is 4.98. The Morgan fingerprint density at radius 2 is 0.932 bits per heavy atom. The molecule has 4 aromatic carbocycles. The zero-order chi connectivity index (χ0) is 30.6. The van der Waals surface area contributed by atoms with E-state index in [1.165, 1.54) is 0 Å². The number of allylic oxidation sites excluding steroid dienone is 1. The van der Waals surface area contributed by atoms with E-state index in [9.17, 15) is 10.2 Å². The summed E-state index contributed by atoms with van der Waals surface area (Å²) in [5, 5.41) is 21.9. The third-order valence-corrected chi connectivity index (χ3v) is 6.93. The van der Waals surface area contributed by atoms with Gasteiger partial charge < -0.3 is 29.2 Å². The summed E-state index contributed by atoms with van der Waals surface area (Å²) >= 11 is 0. The molecule has 226 valence electrons. The summed E-state index contributed by atoms with van der Waals surface area (Å²) in [6.45, 7) is 6.87. The molecule has 44 heavy (non-hydrogen) atoms. The lowest BCUT2D eigenvalue weighted by Gasteiger charge is -2.12. The Kier molecular flexibility index (Phi) is 10.8. The molecule has 0 radical (unpaired) electrons. The van der Waals surface area contributed by atoms with Gasteiger partial charge in [-0.1, -0.05) is 36.4 Å². The maximum absolute atomic E-state index is 11.0. The fourth-order valence-corrected chi connectivity index (χ4v) is 4.62. The molecule has 0 fully saturated rings. The zero-order valence-corrected chi connectivity index (χ0v) is 24.5. The van der Waals surface area contributed by atoms with Crippen molar-refractivity contribution >= 4 is 23.8 Å². The van der Waals surface area contributed by atoms with Gasteiger partial charge in [0.2, 0.25) is 0 Å². The first-order valence-corrected chi connectivity index (χ1v) is 14.5. The summed E-state index contributed by atoms with van der Waals surface area (Å²) in [6.07, 6.45) is 4.18. The minimum Gasteiger partial charge on any atom is -0.507 e. The molecular weight excluding hydrogens is 556 g/mol. The predicted octanol–water partition coefficient (Wildman–Crippen LogP) is 6.74. The summed E-state index contributed by atoms with van der Waals surface area (Å²) < 4.78 is 22.7. The highest BCUT2D eigenvalue weighted by Gasteiger charge is 2.11.